The van der Waals surface area contributed by atoms with E-state index in [1.165, 1.54) is 0 Å². The minimum Gasteiger partial charge on any atom is -0.477 e. The van der Waals surface area contributed by atoms with Crippen molar-refractivity contribution in [1.29, 1.82) is 0 Å². The van der Waals surface area contributed by atoms with Gasteiger partial charge in [0.1, 0.15) is 5.70 Å². The fourth-order valence-corrected chi connectivity index (χ4v) is 1.84. The van der Waals surface area contributed by atoms with E-state index in [-0.39, 0.29) is 11.8 Å². The molecule has 5 heteroatoms. The number of nitrogens with one attached hydrogen (secondary N) is 1. The quantitative estimate of drug-likeness (QED) is 0.455. The molecule has 0 aromatic rings. The Morgan fingerprint density at radius 2 is 2.00 bits per heavy atom. The minimum absolute atomic E-state index is 0.261. The number of rotatable bonds is 2. The number of hydrogen-bond acceptors (Lipinski definition) is 3. The van der Waals surface area contributed by atoms with Gasteiger partial charge in [-0.1, -0.05) is 0 Å². The molecule has 0 bridgehead atoms. The first kappa shape index (κ1) is 10.5. The predicted molar refractivity (Wildman–Crippen MR) is 52.0 cm³/mol. The van der Waals surface area contributed by atoms with Crippen molar-refractivity contribution in [3.63, 3.8) is 0 Å². The zero-order valence-corrected chi connectivity index (χ0v) is 8.44. The smallest absolute Gasteiger partial charge is 0.352 e. The van der Waals surface area contributed by atoms with Gasteiger partial charge >= 0.3 is 5.97 Å². The molecule has 0 saturated heterocycles. The van der Waals surface area contributed by atoms with Gasteiger partial charge in [-0.05, 0) is 40.6 Å². The SMILES string of the molecule is O=C(O)C(NP)=C1CCC(O)CC1. The Bertz CT molecular complexity index is 230. The van der Waals surface area contributed by atoms with Crippen LogP contribution in [0.5, 0.6) is 0 Å². The summed E-state index contributed by atoms with van der Waals surface area (Å²) in [5.41, 5.74) is 1.16. The van der Waals surface area contributed by atoms with E-state index in [4.69, 9.17) is 5.11 Å². The molecule has 0 radical (unpaired) electrons. The van der Waals surface area contributed by atoms with Gasteiger partial charge in [0, 0.05) is 0 Å². The van der Waals surface area contributed by atoms with E-state index in [0.717, 1.165) is 5.57 Å². The van der Waals surface area contributed by atoms with Crippen LogP contribution < -0.4 is 5.09 Å². The first-order valence-electron chi connectivity index (χ1n) is 4.25. The maximum atomic E-state index is 10.7. The Labute approximate surface area is 79.3 Å². The lowest BCUT2D eigenvalue weighted by Gasteiger charge is -2.20. The molecule has 0 spiro atoms. The lowest BCUT2D eigenvalue weighted by atomic mass is 9.91. The van der Waals surface area contributed by atoms with Crippen molar-refractivity contribution in [1.82, 2.24) is 5.09 Å². The molecule has 1 rings (SSSR count). The monoisotopic (exact) mass is 203 g/mol. The molecule has 0 aliphatic heterocycles. The zero-order chi connectivity index (χ0) is 9.84. The van der Waals surface area contributed by atoms with Gasteiger partial charge in [-0.3, -0.25) is 0 Å². The third kappa shape index (κ3) is 2.68. The maximum absolute atomic E-state index is 10.7. The van der Waals surface area contributed by atoms with E-state index < -0.39 is 5.97 Å². The molecule has 0 aromatic heterocycles. The summed E-state index contributed by atoms with van der Waals surface area (Å²) in [6, 6.07) is 0. The number of carbonyl (C=O) groups is 1. The van der Waals surface area contributed by atoms with Gasteiger partial charge in [0.2, 0.25) is 0 Å². The molecular formula is C8H14NO3P. The molecule has 4 nitrogen and oxygen atoms in total. The first-order valence-corrected chi connectivity index (χ1v) is 4.83. The maximum Gasteiger partial charge on any atom is 0.352 e. The summed E-state index contributed by atoms with van der Waals surface area (Å²) in [6.45, 7) is 0. The van der Waals surface area contributed by atoms with Crippen LogP contribution in [0.1, 0.15) is 25.7 Å². The van der Waals surface area contributed by atoms with Crippen LogP contribution in [0.15, 0.2) is 11.3 Å². The van der Waals surface area contributed by atoms with Crippen molar-refractivity contribution in [2.75, 3.05) is 0 Å². The van der Waals surface area contributed by atoms with Crippen LogP contribution in [0, 0.1) is 0 Å². The fourth-order valence-electron chi connectivity index (χ4n) is 1.52. The van der Waals surface area contributed by atoms with Crippen molar-refractivity contribution < 1.29 is 15.0 Å². The molecule has 1 atom stereocenters. The topological polar surface area (TPSA) is 69.6 Å². The molecule has 1 aliphatic rings. The van der Waals surface area contributed by atoms with Crippen molar-refractivity contribution in [2.24, 2.45) is 0 Å². The van der Waals surface area contributed by atoms with Crippen LogP contribution in [0.2, 0.25) is 0 Å². The number of hydrogen-bond donors (Lipinski definition) is 3. The largest absolute Gasteiger partial charge is 0.477 e. The van der Waals surface area contributed by atoms with Crippen molar-refractivity contribution >= 4 is 15.4 Å². The number of aliphatic hydroxyl groups excluding tert-OH is 1. The Hall–Kier alpha value is -0.600. The second-order valence-electron chi connectivity index (χ2n) is 3.16. The third-order valence-corrected chi connectivity index (χ3v) is 2.56. The highest BCUT2D eigenvalue weighted by molar-refractivity contribution is 7.14. The fraction of sp³-hybridized carbons (Fsp3) is 0.625. The molecular weight excluding hydrogens is 189 g/mol. The average Bonchev–Trinajstić information content (AvgIpc) is 2.09. The van der Waals surface area contributed by atoms with E-state index >= 15 is 0 Å². The summed E-state index contributed by atoms with van der Waals surface area (Å²) in [4.78, 5) is 10.7. The van der Waals surface area contributed by atoms with E-state index in [9.17, 15) is 9.90 Å². The van der Waals surface area contributed by atoms with E-state index in [1.54, 1.807) is 0 Å². The molecule has 0 heterocycles. The van der Waals surface area contributed by atoms with Gasteiger partial charge in [0.05, 0.1) is 6.10 Å². The Morgan fingerprint density at radius 1 is 1.46 bits per heavy atom. The summed E-state index contributed by atoms with van der Waals surface area (Å²) in [5, 5.41) is 20.6. The van der Waals surface area contributed by atoms with Crippen molar-refractivity contribution in [3.8, 4) is 0 Å². The molecule has 1 saturated carbocycles. The normalized spacial score (nSPS) is 22.6. The van der Waals surface area contributed by atoms with Gasteiger partial charge in [-0.15, -0.1) is 0 Å². The predicted octanol–water partition coefficient (Wildman–Crippen LogP) is 0.640. The van der Waals surface area contributed by atoms with Gasteiger partial charge in [0.25, 0.3) is 0 Å². The van der Waals surface area contributed by atoms with E-state index in [1.807, 2.05) is 0 Å². The molecule has 0 amide bonds. The summed E-state index contributed by atoms with van der Waals surface area (Å²) < 4.78 is 0. The Morgan fingerprint density at radius 3 is 2.38 bits per heavy atom. The van der Waals surface area contributed by atoms with Crippen LogP contribution in [-0.2, 0) is 4.79 Å². The molecule has 3 N–H and O–H groups in total. The summed E-state index contributed by atoms with van der Waals surface area (Å²) in [7, 11) is 2.19. The lowest BCUT2D eigenvalue weighted by molar-refractivity contribution is -0.133. The first-order chi connectivity index (χ1) is 6.15. The average molecular weight is 203 g/mol. The number of carboxylic acids is 1. The van der Waals surface area contributed by atoms with Crippen LogP contribution in [0.4, 0.5) is 0 Å². The van der Waals surface area contributed by atoms with E-state index in [0.29, 0.717) is 25.7 Å². The third-order valence-electron chi connectivity index (χ3n) is 2.27. The van der Waals surface area contributed by atoms with Crippen LogP contribution in [0.3, 0.4) is 0 Å². The standard InChI is InChI=1S/C8H14NO3P/c10-6-3-1-5(2-4-6)7(9-13)8(11)12/h6,9-10H,1-4,13H2,(H,11,12). The summed E-state index contributed by atoms with van der Waals surface area (Å²) in [6.07, 6.45) is 2.41. The van der Waals surface area contributed by atoms with Crippen LogP contribution in [0.25, 0.3) is 0 Å². The minimum atomic E-state index is -0.929. The number of allylic oxidation sites excluding steroid dienone is 1. The van der Waals surface area contributed by atoms with Crippen LogP contribution >= 0.6 is 9.39 Å². The van der Waals surface area contributed by atoms with Crippen molar-refractivity contribution in [2.45, 2.75) is 31.8 Å². The van der Waals surface area contributed by atoms with Gasteiger partial charge in [-0.25, -0.2) is 4.79 Å². The number of carboxylic acid groups (broad SMARTS) is 1. The molecule has 1 aliphatic carbocycles. The van der Waals surface area contributed by atoms with Crippen LogP contribution in [-0.4, -0.2) is 22.3 Å². The number of aliphatic carboxylic acids is 1. The molecule has 74 valence electrons. The van der Waals surface area contributed by atoms with Gasteiger partial charge in [-0.2, -0.15) is 0 Å². The second kappa shape index (κ2) is 4.58. The highest BCUT2D eigenvalue weighted by Gasteiger charge is 2.19. The number of aliphatic hydroxyl groups is 1. The highest BCUT2D eigenvalue weighted by atomic mass is 31.0. The van der Waals surface area contributed by atoms with Gasteiger partial charge < -0.3 is 15.3 Å². The lowest BCUT2D eigenvalue weighted by Crippen LogP contribution is -2.19. The summed E-state index contributed by atoms with van der Waals surface area (Å²) >= 11 is 0. The summed E-state index contributed by atoms with van der Waals surface area (Å²) in [5.74, 6) is -0.929. The Balaban J connectivity index is 2.72. The molecule has 1 fully saturated rings. The second-order valence-corrected chi connectivity index (χ2v) is 3.45. The zero-order valence-electron chi connectivity index (χ0n) is 7.29. The molecule has 1 unspecified atom stereocenters. The van der Waals surface area contributed by atoms with Gasteiger partial charge in [0.15, 0.2) is 0 Å². The highest BCUT2D eigenvalue weighted by Crippen LogP contribution is 2.25. The molecule has 0 aromatic carbocycles. The Kier molecular flexibility index (Phi) is 3.70. The molecule has 13 heavy (non-hydrogen) atoms. The van der Waals surface area contributed by atoms with Crippen molar-refractivity contribution in [3.05, 3.63) is 11.3 Å². The van der Waals surface area contributed by atoms with E-state index in [2.05, 4.69) is 14.5 Å².